The van der Waals surface area contributed by atoms with Gasteiger partial charge in [-0.15, -0.1) is 0 Å². The van der Waals surface area contributed by atoms with Crippen LogP contribution in [0.15, 0.2) is 32.9 Å². The summed E-state index contributed by atoms with van der Waals surface area (Å²) in [5.74, 6) is -0.322. The van der Waals surface area contributed by atoms with Crippen molar-refractivity contribution in [2.45, 2.75) is 52.7 Å². The molecule has 0 aliphatic rings. The van der Waals surface area contributed by atoms with Crippen LogP contribution in [-0.2, 0) is 17.8 Å². The van der Waals surface area contributed by atoms with E-state index in [1.54, 1.807) is 14.0 Å². The Morgan fingerprint density at radius 1 is 1.32 bits per heavy atom. The zero-order valence-corrected chi connectivity index (χ0v) is 22.5. The Bertz CT molecular complexity index is 1470. The lowest BCUT2D eigenvalue weighted by atomic mass is 10.1. The van der Waals surface area contributed by atoms with Crippen molar-refractivity contribution in [1.82, 2.24) is 14.0 Å². The first-order chi connectivity index (χ1) is 17.5. The third-order valence-corrected chi connectivity index (χ3v) is 7.49. The molecule has 2 aromatic heterocycles. The number of carbonyl (C=O) groups is 1. The zero-order chi connectivity index (χ0) is 27.4. The maximum absolute atomic E-state index is 14.0. The third-order valence-electron chi connectivity index (χ3n) is 6.27. The van der Waals surface area contributed by atoms with Crippen LogP contribution in [0.5, 0.6) is 5.75 Å². The maximum Gasteiger partial charge on any atom is 0.332 e. The van der Waals surface area contributed by atoms with Gasteiger partial charge in [-0.05, 0) is 57.9 Å². The predicted octanol–water partition coefficient (Wildman–Crippen LogP) is 3.40. The third kappa shape index (κ3) is 5.48. The normalized spacial score (nSPS) is 12.3. The monoisotopic (exact) mass is 530 g/mol. The molecule has 0 spiro atoms. The molecule has 1 atom stereocenters. The zero-order valence-electron chi connectivity index (χ0n) is 21.7. The summed E-state index contributed by atoms with van der Waals surface area (Å²) in [5, 5.41) is 11.9. The lowest BCUT2D eigenvalue weighted by molar-refractivity contribution is -0.134. The minimum absolute atomic E-state index is 0.111. The number of hydrogen-bond acceptors (Lipinski definition) is 8. The Morgan fingerprint density at radius 3 is 2.65 bits per heavy atom. The molecule has 0 saturated heterocycles. The summed E-state index contributed by atoms with van der Waals surface area (Å²) in [4.78, 5) is 42.4. The van der Waals surface area contributed by atoms with Gasteiger partial charge in [-0.25, -0.2) is 13.8 Å². The van der Waals surface area contributed by atoms with Crippen LogP contribution in [0, 0.1) is 18.2 Å². The van der Waals surface area contributed by atoms with E-state index in [1.807, 2.05) is 13.8 Å². The van der Waals surface area contributed by atoms with E-state index in [-0.39, 0.29) is 30.3 Å². The number of amides is 1. The number of halogens is 1. The lowest BCUT2D eigenvalue weighted by Crippen LogP contribution is -2.47. The highest BCUT2D eigenvalue weighted by Crippen LogP contribution is 2.33. The Balaban J connectivity index is 2.23. The Hall–Kier alpha value is -3.80. The summed E-state index contributed by atoms with van der Waals surface area (Å²) in [6.07, 6.45) is 2.49. The molecule has 198 valence electrons. The molecule has 0 aliphatic carbocycles. The summed E-state index contributed by atoms with van der Waals surface area (Å²) >= 11 is 1.17. The van der Waals surface area contributed by atoms with Crippen molar-refractivity contribution < 1.29 is 13.9 Å². The minimum Gasteiger partial charge on any atom is -0.496 e. The maximum atomic E-state index is 14.0. The highest BCUT2D eigenvalue weighted by atomic mass is 32.1. The summed E-state index contributed by atoms with van der Waals surface area (Å²) in [7, 11) is 3.11. The quantitative estimate of drug-likeness (QED) is 0.307. The molecule has 2 heterocycles. The van der Waals surface area contributed by atoms with E-state index in [0.717, 1.165) is 10.8 Å². The van der Waals surface area contributed by atoms with Gasteiger partial charge in [0.25, 0.3) is 5.56 Å². The van der Waals surface area contributed by atoms with Gasteiger partial charge in [0.1, 0.15) is 27.4 Å². The summed E-state index contributed by atoms with van der Waals surface area (Å²) in [5.41, 5.74) is 2.72. The van der Waals surface area contributed by atoms with Crippen LogP contribution in [0.25, 0.3) is 10.2 Å². The van der Waals surface area contributed by atoms with Gasteiger partial charge < -0.3 is 15.0 Å². The molecule has 1 amide bonds. The average Bonchev–Trinajstić information content (AvgIpc) is 3.19. The van der Waals surface area contributed by atoms with E-state index in [4.69, 9.17) is 10.1 Å². The summed E-state index contributed by atoms with van der Waals surface area (Å²) in [6, 6.07) is 2.99. The fraction of sp³-hybridized carbons (Fsp3) is 0.400. The number of anilines is 1. The fourth-order valence-corrected chi connectivity index (χ4v) is 5.15. The number of likely N-dealkylation sites (N-methyl/N-ethyl adjacent to an activating group) is 1. The number of aryl methyl sites for hydroxylation is 3. The lowest BCUT2D eigenvalue weighted by Gasteiger charge is -2.26. The van der Waals surface area contributed by atoms with Crippen LogP contribution in [0.2, 0.25) is 0 Å². The van der Waals surface area contributed by atoms with Crippen molar-refractivity contribution in [2.24, 2.45) is 5.10 Å². The number of carbonyl (C=O) groups excluding carboxylic acids is 1. The molecular weight excluding hydrogens is 499 g/mol. The molecule has 0 unspecified atom stereocenters. The largest absolute Gasteiger partial charge is 0.496 e. The van der Waals surface area contributed by atoms with Crippen LogP contribution in [0.3, 0.4) is 0 Å². The highest BCUT2D eigenvalue weighted by Gasteiger charge is 2.28. The Kier molecular flexibility index (Phi) is 8.64. The molecule has 3 rings (SSSR count). The van der Waals surface area contributed by atoms with E-state index >= 15 is 0 Å². The minimum atomic E-state index is -1.04. The number of rotatable bonds is 10. The molecule has 0 bridgehead atoms. The van der Waals surface area contributed by atoms with Crippen molar-refractivity contribution in [3.05, 3.63) is 56.0 Å². The Morgan fingerprint density at radius 2 is 2.03 bits per heavy atom. The molecule has 0 aliphatic heterocycles. The van der Waals surface area contributed by atoms with Crippen molar-refractivity contribution in [3.8, 4) is 5.75 Å². The number of methoxy groups -OCH3 is 1. The van der Waals surface area contributed by atoms with Crippen LogP contribution in [0.1, 0.15) is 37.9 Å². The van der Waals surface area contributed by atoms with Gasteiger partial charge in [-0.3, -0.25) is 19.6 Å². The number of thiophene rings is 1. The predicted molar refractivity (Wildman–Crippen MR) is 145 cm³/mol. The number of benzene rings is 1. The van der Waals surface area contributed by atoms with Gasteiger partial charge in [0.05, 0.1) is 18.7 Å². The second-order valence-corrected chi connectivity index (χ2v) is 9.83. The van der Waals surface area contributed by atoms with Gasteiger partial charge in [-0.1, -0.05) is 11.3 Å². The molecule has 10 nitrogen and oxygen atoms in total. The van der Waals surface area contributed by atoms with Gasteiger partial charge in [0.15, 0.2) is 0 Å². The van der Waals surface area contributed by atoms with Crippen molar-refractivity contribution >= 4 is 44.9 Å². The van der Waals surface area contributed by atoms with E-state index < -0.39 is 23.1 Å². The van der Waals surface area contributed by atoms with Gasteiger partial charge in [0.2, 0.25) is 5.91 Å². The number of fused-ring (bicyclic) bond motifs is 1. The van der Waals surface area contributed by atoms with Crippen LogP contribution in [-0.4, -0.2) is 52.6 Å². The summed E-state index contributed by atoms with van der Waals surface area (Å²) < 4.78 is 21.7. The van der Waals surface area contributed by atoms with E-state index in [9.17, 15) is 18.8 Å². The topological polar surface area (TPSA) is 122 Å². The van der Waals surface area contributed by atoms with E-state index in [1.165, 1.54) is 59.3 Å². The smallest absolute Gasteiger partial charge is 0.332 e. The molecule has 2 N–H and O–H groups in total. The van der Waals surface area contributed by atoms with Crippen LogP contribution >= 0.6 is 11.3 Å². The molecule has 1 aromatic carbocycles. The van der Waals surface area contributed by atoms with E-state index in [2.05, 4.69) is 10.5 Å². The number of nitrogens with zero attached hydrogens (tertiary/aromatic N) is 4. The van der Waals surface area contributed by atoms with Crippen LogP contribution in [0.4, 0.5) is 9.39 Å². The first kappa shape index (κ1) is 27.8. The Labute approximate surface area is 217 Å². The standard InChI is InChI=1S/C25H31FN6O4S/c1-14(2)30(5)22(33)16(4)32-23(34)20-15(3)21(29-28-11-10-27)37-24(20)31(25(32)35)12-9-17-13-18(26)7-8-19(17)36-6/h7-8,10-11,13-14,16,27,29H,9,12H2,1-6H3/b27-10?,28-11-/t16-/m1/s1. The van der Waals surface area contributed by atoms with Gasteiger partial charge >= 0.3 is 5.69 Å². The first-order valence-electron chi connectivity index (χ1n) is 11.7. The number of hydrazone groups is 1. The molecular formula is C25H31FN6O4S. The van der Waals surface area contributed by atoms with E-state index in [0.29, 0.717) is 26.7 Å². The molecule has 3 aromatic rings. The number of aromatic nitrogens is 2. The average molecular weight is 531 g/mol. The second kappa shape index (κ2) is 11.5. The second-order valence-electron chi connectivity index (χ2n) is 8.83. The number of hydrogen-bond donors (Lipinski definition) is 2. The molecule has 12 heteroatoms. The van der Waals surface area contributed by atoms with Crippen molar-refractivity contribution in [1.29, 1.82) is 5.41 Å². The SMILES string of the molecule is COc1ccc(F)cc1CCn1c(=O)n([C@H](C)C(=O)N(C)C(C)C)c(=O)c2c(C)c(N/N=C\C=N)sc21. The molecule has 37 heavy (non-hydrogen) atoms. The molecule has 0 fully saturated rings. The van der Waals surface area contributed by atoms with Crippen molar-refractivity contribution in [2.75, 3.05) is 19.6 Å². The highest BCUT2D eigenvalue weighted by molar-refractivity contribution is 7.22. The molecule has 0 saturated carbocycles. The molecule has 0 radical (unpaired) electrons. The number of ether oxygens (including phenoxy) is 1. The number of nitrogens with one attached hydrogen (secondary N) is 2. The van der Waals surface area contributed by atoms with Crippen LogP contribution < -0.4 is 21.4 Å². The summed E-state index contributed by atoms with van der Waals surface area (Å²) in [6.45, 7) is 7.06. The fourth-order valence-electron chi connectivity index (χ4n) is 3.98. The van der Waals surface area contributed by atoms with Gasteiger partial charge in [0, 0.05) is 31.4 Å². The first-order valence-corrected chi connectivity index (χ1v) is 12.5. The van der Waals surface area contributed by atoms with Crippen molar-refractivity contribution in [3.63, 3.8) is 0 Å². The van der Waals surface area contributed by atoms with Gasteiger partial charge in [-0.2, -0.15) is 5.10 Å².